The summed E-state index contributed by atoms with van der Waals surface area (Å²) in [5.41, 5.74) is 1.44. The number of benzene rings is 1. The van der Waals surface area contributed by atoms with Gasteiger partial charge in [-0.05, 0) is 49.4 Å². The third kappa shape index (κ3) is 3.64. The van der Waals surface area contributed by atoms with E-state index in [9.17, 15) is 0 Å². The molecule has 4 nitrogen and oxygen atoms in total. The molecule has 0 unspecified atom stereocenters. The van der Waals surface area contributed by atoms with Crippen LogP contribution >= 0.6 is 0 Å². The van der Waals surface area contributed by atoms with E-state index in [2.05, 4.69) is 39.1 Å². The zero-order valence-electron chi connectivity index (χ0n) is 12.5. The number of aromatic nitrogens is 2. The topological polar surface area (TPSA) is 39.1 Å². The number of hydrogen-bond donors (Lipinski definition) is 1. The molecule has 1 fully saturated rings. The van der Waals surface area contributed by atoms with Crippen molar-refractivity contribution >= 4 is 0 Å². The van der Waals surface area contributed by atoms with Gasteiger partial charge in [0.15, 0.2) is 0 Å². The minimum Gasteiger partial charge on any atom is -0.497 e. The van der Waals surface area contributed by atoms with Crippen LogP contribution in [0.25, 0.3) is 0 Å². The zero-order chi connectivity index (χ0) is 14.5. The zero-order valence-corrected chi connectivity index (χ0v) is 12.5. The predicted octanol–water partition coefficient (Wildman–Crippen LogP) is 2.82. The van der Waals surface area contributed by atoms with E-state index in [4.69, 9.17) is 4.74 Å². The van der Waals surface area contributed by atoms with Gasteiger partial charge in [-0.2, -0.15) is 0 Å². The van der Waals surface area contributed by atoms with Gasteiger partial charge >= 0.3 is 0 Å². The molecule has 0 saturated heterocycles. The molecule has 0 radical (unpaired) electrons. The third-order valence-electron chi connectivity index (χ3n) is 4.31. The molecule has 0 atom stereocenters. The van der Waals surface area contributed by atoms with Crippen LogP contribution in [-0.2, 0) is 6.54 Å². The van der Waals surface area contributed by atoms with Crippen LogP contribution in [0, 0.1) is 0 Å². The average molecular weight is 285 g/mol. The Morgan fingerprint density at radius 3 is 2.76 bits per heavy atom. The molecule has 1 saturated carbocycles. The van der Waals surface area contributed by atoms with Crippen LogP contribution in [0.1, 0.15) is 30.7 Å². The Morgan fingerprint density at radius 2 is 2.10 bits per heavy atom. The molecule has 0 amide bonds. The lowest BCUT2D eigenvalue weighted by atomic mass is 9.76. The highest BCUT2D eigenvalue weighted by Gasteiger charge is 2.29. The van der Waals surface area contributed by atoms with E-state index in [1.807, 2.05) is 18.7 Å². The summed E-state index contributed by atoms with van der Waals surface area (Å²) in [7, 11) is 1.71. The molecule has 3 rings (SSSR count). The summed E-state index contributed by atoms with van der Waals surface area (Å²) in [6.07, 6.45) is 9.37. The quantitative estimate of drug-likeness (QED) is 0.795. The Bertz CT molecular complexity index is 530. The van der Waals surface area contributed by atoms with E-state index in [1.54, 1.807) is 7.11 Å². The molecule has 0 spiro atoms. The fourth-order valence-corrected chi connectivity index (χ4v) is 2.92. The van der Waals surface area contributed by atoms with Crippen LogP contribution in [-0.4, -0.2) is 29.2 Å². The van der Waals surface area contributed by atoms with Gasteiger partial charge in [0.05, 0.1) is 13.4 Å². The van der Waals surface area contributed by atoms with Crippen LogP contribution in [0.2, 0.25) is 0 Å². The standard InChI is InChI=1S/C17H23N3O/c1-21-17-5-3-14(4-6-17)15-11-16(12-15)19-7-2-9-20-10-8-18-13-20/h3-6,8,10,13,15-16,19H,2,7,9,11-12H2,1H3. The summed E-state index contributed by atoms with van der Waals surface area (Å²) in [6, 6.07) is 9.18. The maximum absolute atomic E-state index is 5.20. The smallest absolute Gasteiger partial charge is 0.118 e. The van der Waals surface area contributed by atoms with Gasteiger partial charge in [0, 0.05) is 25.0 Å². The summed E-state index contributed by atoms with van der Waals surface area (Å²) in [5.74, 6) is 1.65. The summed E-state index contributed by atoms with van der Waals surface area (Å²) < 4.78 is 7.33. The number of ether oxygens (including phenoxy) is 1. The molecule has 2 aromatic rings. The minimum absolute atomic E-state index is 0.680. The molecule has 1 aromatic heterocycles. The number of imidazole rings is 1. The number of nitrogens with zero attached hydrogens (tertiary/aromatic N) is 2. The molecule has 21 heavy (non-hydrogen) atoms. The fraction of sp³-hybridized carbons (Fsp3) is 0.471. The summed E-state index contributed by atoms with van der Waals surface area (Å²) in [5, 5.41) is 3.65. The van der Waals surface area contributed by atoms with Gasteiger partial charge in [-0.15, -0.1) is 0 Å². The molecular formula is C17H23N3O. The van der Waals surface area contributed by atoms with Crippen molar-refractivity contribution in [2.24, 2.45) is 0 Å². The number of methoxy groups -OCH3 is 1. The lowest BCUT2D eigenvalue weighted by molar-refractivity contribution is 0.289. The van der Waals surface area contributed by atoms with Crippen molar-refractivity contribution in [1.29, 1.82) is 0 Å². The predicted molar refractivity (Wildman–Crippen MR) is 83.6 cm³/mol. The van der Waals surface area contributed by atoms with Crippen molar-refractivity contribution in [2.75, 3.05) is 13.7 Å². The van der Waals surface area contributed by atoms with Crippen LogP contribution in [0.15, 0.2) is 43.0 Å². The molecular weight excluding hydrogens is 262 g/mol. The van der Waals surface area contributed by atoms with Gasteiger partial charge < -0.3 is 14.6 Å². The lowest BCUT2D eigenvalue weighted by Gasteiger charge is -2.36. The van der Waals surface area contributed by atoms with Gasteiger partial charge in [-0.1, -0.05) is 12.1 Å². The Hall–Kier alpha value is -1.81. The molecule has 4 heteroatoms. The largest absolute Gasteiger partial charge is 0.497 e. The first-order valence-corrected chi connectivity index (χ1v) is 7.68. The van der Waals surface area contributed by atoms with E-state index < -0.39 is 0 Å². The Kier molecular flexibility index (Phi) is 4.55. The maximum atomic E-state index is 5.20. The van der Waals surface area contributed by atoms with E-state index in [-0.39, 0.29) is 0 Å². The van der Waals surface area contributed by atoms with Crippen molar-refractivity contribution in [1.82, 2.24) is 14.9 Å². The second-order valence-corrected chi connectivity index (χ2v) is 5.75. The SMILES string of the molecule is COc1ccc(C2CC(NCCCn3ccnc3)C2)cc1. The highest BCUT2D eigenvalue weighted by Crippen LogP contribution is 2.37. The monoisotopic (exact) mass is 285 g/mol. The first-order chi connectivity index (χ1) is 10.3. The number of hydrogen-bond acceptors (Lipinski definition) is 3. The van der Waals surface area contributed by atoms with Crippen molar-refractivity contribution in [2.45, 2.75) is 37.8 Å². The Labute approximate surface area is 126 Å². The van der Waals surface area contributed by atoms with Gasteiger partial charge in [-0.25, -0.2) is 4.98 Å². The van der Waals surface area contributed by atoms with E-state index in [0.29, 0.717) is 12.0 Å². The second kappa shape index (κ2) is 6.76. The molecule has 1 heterocycles. The van der Waals surface area contributed by atoms with E-state index in [1.165, 1.54) is 18.4 Å². The Balaban J connectivity index is 1.33. The number of nitrogens with one attached hydrogen (secondary N) is 1. The molecule has 1 N–H and O–H groups in total. The lowest BCUT2D eigenvalue weighted by Crippen LogP contribution is -2.40. The van der Waals surface area contributed by atoms with Crippen LogP contribution in [0.4, 0.5) is 0 Å². The first-order valence-electron chi connectivity index (χ1n) is 7.68. The van der Waals surface area contributed by atoms with Crippen molar-refractivity contribution in [3.05, 3.63) is 48.5 Å². The molecule has 1 aliphatic carbocycles. The molecule has 0 bridgehead atoms. The minimum atomic E-state index is 0.680. The van der Waals surface area contributed by atoms with Crippen LogP contribution in [0.5, 0.6) is 5.75 Å². The van der Waals surface area contributed by atoms with E-state index in [0.717, 1.165) is 25.3 Å². The van der Waals surface area contributed by atoms with E-state index >= 15 is 0 Å². The molecule has 0 aliphatic heterocycles. The van der Waals surface area contributed by atoms with Gasteiger partial charge in [-0.3, -0.25) is 0 Å². The number of rotatable bonds is 7. The Morgan fingerprint density at radius 1 is 1.29 bits per heavy atom. The molecule has 112 valence electrons. The molecule has 1 aliphatic rings. The highest BCUT2D eigenvalue weighted by atomic mass is 16.5. The van der Waals surface area contributed by atoms with Gasteiger partial charge in [0.25, 0.3) is 0 Å². The maximum Gasteiger partial charge on any atom is 0.118 e. The number of aryl methyl sites for hydroxylation is 1. The van der Waals surface area contributed by atoms with Crippen molar-refractivity contribution in [3.8, 4) is 5.75 Å². The summed E-state index contributed by atoms with van der Waals surface area (Å²) in [4.78, 5) is 4.05. The molecule has 1 aromatic carbocycles. The highest BCUT2D eigenvalue weighted by molar-refractivity contribution is 5.30. The van der Waals surface area contributed by atoms with Crippen LogP contribution < -0.4 is 10.1 Å². The summed E-state index contributed by atoms with van der Waals surface area (Å²) in [6.45, 7) is 2.12. The van der Waals surface area contributed by atoms with Gasteiger partial charge in [0.2, 0.25) is 0 Å². The first kappa shape index (κ1) is 14.1. The fourth-order valence-electron chi connectivity index (χ4n) is 2.92. The van der Waals surface area contributed by atoms with Crippen LogP contribution in [0.3, 0.4) is 0 Å². The average Bonchev–Trinajstić information content (AvgIpc) is 2.99. The summed E-state index contributed by atoms with van der Waals surface area (Å²) >= 11 is 0. The third-order valence-corrected chi connectivity index (χ3v) is 4.31. The second-order valence-electron chi connectivity index (χ2n) is 5.75. The normalized spacial score (nSPS) is 21.0. The van der Waals surface area contributed by atoms with Gasteiger partial charge in [0.1, 0.15) is 5.75 Å². The van der Waals surface area contributed by atoms with Crippen molar-refractivity contribution < 1.29 is 4.74 Å². The van der Waals surface area contributed by atoms with Crippen molar-refractivity contribution in [3.63, 3.8) is 0 Å².